The average molecular weight is 314 g/mol. The van der Waals surface area contributed by atoms with E-state index in [1.54, 1.807) is 0 Å². The summed E-state index contributed by atoms with van der Waals surface area (Å²) in [6.07, 6.45) is 6.45. The summed E-state index contributed by atoms with van der Waals surface area (Å²) < 4.78 is 13.9. The number of carbonyl (C=O) groups is 1. The number of terminal acetylenes is 1. The molecule has 1 aromatic carbocycles. The van der Waals surface area contributed by atoms with Crippen molar-refractivity contribution in [3.05, 3.63) is 28.0 Å². The third-order valence-electron chi connectivity index (χ3n) is 2.53. The van der Waals surface area contributed by atoms with Crippen molar-refractivity contribution >= 4 is 27.6 Å². The Labute approximate surface area is 114 Å². The van der Waals surface area contributed by atoms with Crippen LogP contribution in [0.1, 0.15) is 30.1 Å². The van der Waals surface area contributed by atoms with E-state index in [9.17, 15) is 9.18 Å². The largest absolute Gasteiger partial charge is 0.478 e. The van der Waals surface area contributed by atoms with E-state index in [1.807, 2.05) is 6.92 Å². The highest BCUT2D eigenvalue weighted by atomic mass is 79.9. The van der Waals surface area contributed by atoms with Crippen molar-refractivity contribution in [2.75, 3.05) is 5.32 Å². The fraction of sp³-hybridized carbons (Fsp3) is 0.308. The number of carboxylic acid groups (broad SMARTS) is 1. The molecule has 1 rings (SSSR count). The van der Waals surface area contributed by atoms with Crippen molar-refractivity contribution in [2.45, 2.75) is 25.8 Å². The van der Waals surface area contributed by atoms with Gasteiger partial charge in [-0.1, -0.05) is 6.92 Å². The summed E-state index contributed by atoms with van der Waals surface area (Å²) in [5.41, 5.74) is 0.136. The van der Waals surface area contributed by atoms with Crippen molar-refractivity contribution in [3.63, 3.8) is 0 Å². The standard InChI is InChI=1S/C13H13BrFNO2/c1-3-5-8(4-2)16-10-7-6-9(13(17)18)11(14)12(10)15/h1,6-8,16H,4-5H2,2H3,(H,17,18). The molecule has 18 heavy (non-hydrogen) atoms. The monoisotopic (exact) mass is 313 g/mol. The molecule has 0 radical (unpaired) electrons. The molecule has 0 saturated heterocycles. The molecule has 0 spiro atoms. The maximum Gasteiger partial charge on any atom is 0.336 e. The van der Waals surface area contributed by atoms with Gasteiger partial charge in [-0.2, -0.15) is 0 Å². The number of hydrogen-bond donors (Lipinski definition) is 2. The van der Waals surface area contributed by atoms with E-state index < -0.39 is 11.8 Å². The molecule has 0 saturated carbocycles. The average Bonchev–Trinajstić information content (AvgIpc) is 2.33. The van der Waals surface area contributed by atoms with Crippen LogP contribution in [0.5, 0.6) is 0 Å². The molecule has 1 atom stereocenters. The lowest BCUT2D eigenvalue weighted by Gasteiger charge is -2.17. The van der Waals surface area contributed by atoms with E-state index in [-0.39, 0.29) is 21.8 Å². The number of rotatable bonds is 5. The van der Waals surface area contributed by atoms with Gasteiger partial charge in [0.2, 0.25) is 0 Å². The number of carboxylic acids is 1. The molecule has 0 aliphatic heterocycles. The molecular formula is C13H13BrFNO2. The van der Waals surface area contributed by atoms with Gasteiger partial charge >= 0.3 is 5.97 Å². The molecule has 0 amide bonds. The Kier molecular flexibility index (Phi) is 5.17. The minimum absolute atomic E-state index is 0.0351. The Morgan fingerprint density at radius 2 is 2.33 bits per heavy atom. The second-order valence-electron chi connectivity index (χ2n) is 3.75. The van der Waals surface area contributed by atoms with Crippen LogP contribution in [0.15, 0.2) is 16.6 Å². The van der Waals surface area contributed by atoms with Crippen molar-refractivity contribution in [3.8, 4) is 12.3 Å². The van der Waals surface area contributed by atoms with Gasteiger partial charge in [0.25, 0.3) is 0 Å². The zero-order valence-electron chi connectivity index (χ0n) is 9.84. The number of anilines is 1. The summed E-state index contributed by atoms with van der Waals surface area (Å²) in [7, 11) is 0. The molecule has 0 heterocycles. The van der Waals surface area contributed by atoms with Crippen LogP contribution < -0.4 is 5.32 Å². The van der Waals surface area contributed by atoms with Gasteiger partial charge in [0, 0.05) is 12.5 Å². The molecule has 0 bridgehead atoms. The third-order valence-corrected chi connectivity index (χ3v) is 3.30. The molecule has 0 fully saturated rings. The summed E-state index contributed by atoms with van der Waals surface area (Å²) in [4.78, 5) is 10.8. The van der Waals surface area contributed by atoms with Crippen molar-refractivity contribution in [1.29, 1.82) is 0 Å². The zero-order valence-corrected chi connectivity index (χ0v) is 11.4. The highest BCUT2D eigenvalue weighted by molar-refractivity contribution is 9.10. The first-order chi connectivity index (χ1) is 8.51. The van der Waals surface area contributed by atoms with E-state index >= 15 is 0 Å². The van der Waals surface area contributed by atoms with Crippen LogP contribution in [-0.4, -0.2) is 17.1 Å². The number of aromatic carboxylic acids is 1. The Morgan fingerprint density at radius 1 is 1.67 bits per heavy atom. The van der Waals surface area contributed by atoms with Gasteiger partial charge in [0.05, 0.1) is 15.7 Å². The quantitative estimate of drug-likeness (QED) is 0.818. The second kappa shape index (κ2) is 6.41. The summed E-state index contributed by atoms with van der Waals surface area (Å²) in [5.74, 6) is 0.714. The molecule has 3 nitrogen and oxygen atoms in total. The van der Waals surface area contributed by atoms with Crippen LogP contribution in [0, 0.1) is 18.2 Å². The molecule has 2 N–H and O–H groups in total. The first-order valence-electron chi connectivity index (χ1n) is 5.42. The van der Waals surface area contributed by atoms with Gasteiger partial charge in [-0.25, -0.2) is 9.18 Å². The van der Waals surface area contributed by atoms with Gasteiger partial charge in [-0.15, -0.1) is 12.3 Å². The molecule has 0 aromatic heterocycles. The third kappa shape index (κ3) is 3.23. The predicted molar refractivity (Wildman–Crippen MR) is 72.2 cm³/mol. The molecule has 0 aliphatic carbocycles. The van der Waals surface area contributed by atoms with Gasteiger partial charge in [-0.3, -0.25) is 0 Å². The van der Waals surface area contributed by atoms with Gasteiger partial charge in [-0.05, 0) is 34.5 Å². The molecule has 96 valence electrons. The number of halogens is 2. The number of nitrogens with one attached hydrogen (secondary N) is 1. The number of benzene rings is 1. The summed E-state index contributed by atoms with van der Waals surface area (Å²) >= 11 is 2.95. The van der Waals surface area contributed by atoms with Gasteiger partial charge in [0.15, 0.2) is 5.82 Å². The van der Waals surface area contributed by atoms with Crippen molar-refractivity contribution in [2.24, 2.45) is 0 Å². The minimum atomic E-state index is -1.18. The topological polar surface area (TPSA) is 49.3 Å². The fourth-order valence-corrected chi connectivity index (χ4v) is 2.00. The predicted octanol–water partition coefficient (Wildman–Crippen LogP) is 3.50. The normalized spacial score (nSPS) is 11.7. The molecule has 0 aliphatic rings. The highest BCUT2D eigenvalue weighted by Crippen LogP contribution is 2.28. The molecule has 5 heteroatoms. The highest BCUT2D eigenvalue weighted by Gasteiger charge is 2.17. The summed E-state index contributed by atoms with van der Waals surface area (Å²) in [6.45, 7) is 1.94. The first kappa shape index (κ1) is 14.5. The van der Waals surface area contributed by atoms with Gasteiger partial charge in [0.1, 0.15) is 0 Å². The number of hydrogen-bond acceptors (Lipinski definition) is 2. The van der Waals surface area contributed by atoms with E-state index in [0.717, 1.165) is 6.42 Å². The molecular weight excluding hydrogens is 301 g/mol. The Morgan fingerprint density at radius 3 is 2.83 bits per heavy atom. The lowest BCUT2D eigenvalue weighted by molar-refractivity contribution is 0.0695. The smallest absolute Gasteiger partial charge is 0.336 e. The van der Waals surface area contributed by atoms with Crippen LogP contribution in [0.25, 0.3) is 0 Å². The summed E-state index contributed by atoms with van der Waals surface area (Å²) in [5, 5.41) is 11.8. The molecule has 1 unspecified atom stereocenters. The van der Waals surface area contributed by atoms with Crippen LogP contribution in [0.2, 0.25) is 0 Å². The van der Waals surface area contributed by atoms with Gasteiger partial charge < -0.3 is 10.4 Å². The SMILES string of the molecule is C#CCC(CC)Nc1ccc(C(=O)O)c(Br)c1F. The maximum absolute atomic E-state index is 13.9. The van der Waals surface area contributed by atoms with Crippen LogP contribution >= 0.6 is 15.9 Å². The van der Waals surface area contributed by atoms with E-state index in [1.165, 1.54) is 12.1 Å². The lowest BCUT2D eigenvalue weighted by atomic mass is 10.1. The molecule has 1 aromatic rings. The van der Waals surface area contributed by atoms with Crippen LogP contribution in [0.4, 0.5) is 10.1 Å². The van der Waals surface area contributed by atoms with Crippen molar-refractivity contribution < 1.29 is 14.3 Å². The lowest BCUT2D eigenvalue weighted by Crippen LogP contribution is -2.18. The maximum atomic E-state index is 13.9. The Balaban J connectivity index is 3.02. The van der Waals surface area contributed by atoms with E-state index in [0.29, 0.717) is 6.42 Å². The van der Waals surface area contributed by atoms with E-state index in [2.05, 4.69) is 27.2 Å². The van der Waals surface area contributed by atoms with Crippen LogP contribution in [-0.2, 0) is 0 Å². The van der Waals surface area contributed by atoms with Crippen LogP contribution in [0.3, 0.4) is 0 Å². The fourth-order valence-electron chi connectivity index (χ4n) is 1.49. The Hall–Kier alpha value is -1.54. The summed E-state index contributed by atoms with van der Waals surface area (Å²) in [6, 6.07) is 2.72. The Bertz CT molecular complexity index is 496. The second-order valence-corrected chi connectivity index (χ2v) is 4.54. The first-order valence-corrected chi connectivity index (χ1v) is 6.21. The minimum Gasteiger partial charge on any atom is -0.478 e. The zero-order chi connectivity index (χ0) is 13.7. The van der Waals surface area contributed by atoms with Crippen molar-refractivity contribution in [1.82, 2.24) is 0 Å². The van der Waals surface area contributed by atoms with E-state index in [4.69, 9.17) is 11.5 Å².